The number of benzene rings is 3. The Morgan fingerprint density at radius 2 is 1.71 bits per heavy atom. The summed E-state index contributed by atoms with van der Waals surface area (Å²) in [4.78, 5) is 0. The van der Waals surface area contributed by atoms with E-state index in [1.807, 2.05) is 24.3 Å². The fourth-order valence-corrected chi connectivity index (χ4v) is 3.93. The molecule has 1 fully saturated rings. The van der Waals surface area contributed by atoms with Crippen LogP contribution in [0.1, 0.15) is 35.8 Å². The lowest BCUT2D eigenvalue weighted by atomic mass is 9.98. The van der Waals surface area contributed by atoms with Crippen molar-refractivity contribution < 1.29 is 22.6 Å². The van der Waals surface area contributed by atoms with E-state index < -0.39 is 17.9 Å². The van der Waals surface area contributed by atoms with Crippen molar-refractivity contribution in [2.75, 3.05) is 13.2 Å². The zero-order valence-corrected chi connectivity index (χ0v) is 17.3. The Morgan fingerprint density at radius 3 is 2.45 bits per heavy atom. The normalized spacial score (nSPS) is 18.9. The lowest BCUT2D eigenvalue weighted by Crippen LogP contribution is -2.27. The van der Waals surface area contributed by atoms with Crippen LogP contribution in [-0.4, -0.2) is 13.2 Å². The number of rotatable bonds is 7. The average Bonchev–Trinajstić information content (AvgIpc) is 2.79. The van der Waals surface area contributed by atoms with Crippen LogP contribution in [0.2, 0.25) is 0 Å². The summed E-state index contributed by atoms with van der Waals surface area (Å²) in [7, 11) is 0. The van der Waals surface area contributed by atoms with Crippen LogP contribution in [0.3, 0.4) is 0 Å². The molecule has 0 aliphatic carbocycles. The first kappa shape index (κ1) is 21.6. The van der Waals surface area contributed by atoms with Crippen LogP contribution in [0, 0.1) is 23.4 Å². The Labute approximate surface area is 180 Å². The smallest absolute Gasteiger partial charge is 0.183 e. The first-order chi connectivity index (χ1) is 15.0. The molecule has 0 radical (unpaired) electrons. The van der Waals surface area contributed by atoms with Gasteiger partial charge in [0.15, 0.2) is 17.9 Å². The highest BCUT2D eigenvalue weighted by molar-refractivity contribution is 5.84. The highest BCUT2D eigenvalue weighted by Crippen LogP contribution is 2.31. The summed E-state index contributed by atoms with van der Waals surface area (Å²) in [6.07, 6.45) is 4.21. The Morgan fingerprint density at radius 1 is 0.903 bits per heavy atom. The topological polar surface area (TPSA) is 18.5 Å². The molecule has 0 unspecified atom stereocenters. The van der Waals surface area contributed by atoms with Crippen molar-refractivity contribution in [2.45, 2.75) is 32.0 Å². The van der Waals surface area contributed by atoms with Crippen LogP contribution in [-0.2, 0) is 22.3 Å². The fraction of sp³-hybridized carbons (Fsp3) is 0.308. The zero-order chi connectivity index (χ0) is 21.8. The molecule has 31 heavy (non-hydrogen) atoms. The predicted molar refractivity (Wildman–Crippen MR) is 115 cm³/mol. The zero-order valence-electron chi connectivity index (χ0n) is 17.3. The fourth-order valence-electron chi connectivity index (χ4n) is 3.93. The van der Waals surface area contributed by atoms with Crippen molar-refractivity contribution in [3.05, 3.63) is 95.3 Å². The predicted octanol–water partition coefficient (Wildman–Crippen LogP) is 6.67. The molecule has 0 N–H and O–H groups in total. The van der Waals surface area contributed by atoms with Gasteiger partial charge in [-0.15, -0.1) is 6.58 Å². The van der Waals surface area contributed by atoms with E-state index in [1.165, 1.54) is 6.07 Å². The lowest BCUT2D eigenvalue weighted by molar-refractivity contribution is -0.205. The Bertz CT molecular complexity index is 1070. The summed E-state index contributed by atoms with van der Waals surface area (Å²) in [5, 5.41) is 1.29. The van der Waals surface area contributed by atoms with Crippen molar-refractivity contribution in [1.82, 2.24) is 0 Å². The van der Waals surface area contributed by atoms with Gasteiger partial charge in [0.2, 0.25) is 0 Å². The van der Waals surface area contributed by atoms with E-state index in [4.69, 9.17) is 9.47 Å². The standard InChI is InChI=1S/C26H25F3O2/c1-2-3-4-18-15-30-26(31-16-18)21-10-11-22-20(14-21)9-8-19(25(22)29)7-5-17-6-12-23(27)24(28)13-17/h2,6,8-14,18,26H,1,3-5,7,15-16H2. The average molecular weight is 426 g/mol. The molecule has 3 aromatic carbocycles. The van der Waals surface area contributed by atoms with E-state index in [9.17, 15) is 8.78 Å². The Hall–Kier alpha value is -2.63. The molecule has 1 aliphatic heterocycles. The van der Waals surface area contributed by atoms with Crippen LogP contribution in [0.25, 0.3) is 10.8 Å². The molecule has 0 bridgehead atoms. The van der Waals surface area contributed by atoms with Gasteiger partial charge in [-0.1, -0.05) is 36.4 Å². The van der Waals surface area contributed by atoms with Crippen LogP contribution in [0.15, 0.2) is 61.2 Å². The maximum atomic E-state index is 15.1. The van der Waals surface area contributed by atoms with Gasteiger partial charge in [-0.25, -0.2) is 13.2 Å². The summed E-state index contributed by atoms with van der Waals surface area (Å²) in [5.41, 5.74) is 2.04. The largest absolute Gasteiger partial charge is 0.348 e. The minimum absolute atomic E-state index is 0.290. The Balaban J connectivity index is 1.45. The van der Waals surface area contributed by atoms with E-state index in [1.54, 1.807) is 12.1 Å². The second kappa shape index (κ2) is 9.67. The molecule has 0 spiro atoms. The molecule has 5 heteroatoms. The second-order valence-electron chi connectivity index (χ2n) is 8.00. The SMILES string of the molecule is C=CCCC1COC(c2ccc3c(F)c(CCc4ccc(F)c(F)c4)ccc3c2)OC1. The number of ether oxygens (including phenoxy) is 2. The quantitative estimate of drug-likeness (QED) is 0.393. The number of fused-ring (bicyclic) bond motifs is 1. The van der Waals surface area contributed by atoms with Gasteiger partial charge in [-0.2, -0.15) is 0 Å². The van der Waals surface area contributed by atoms with Gasteiger partial charge in [0.05, 0.1) is 13.2 Å². The molecule has 0 amide bonds. The minimum atomic E-state index is -0.886. The van der Waals surface area contributed by atoms with Gasteiger partial charge in [-0.05, 0) is 60.4 Å². The van der Waals surface area contributed by atoms with Gasteiger partial charge < -0.3 is 9.47 Å². The summed E-state index contributed by atoms with van der Waals surface area (Å²) >= 11 is 0. The minimum Gasteiger partial charge on any atom is -0.348 e. The third kappa shape index (κ3) is 5.00. The van der Waals surface area contributed by atoms with E-state index in [-0.39, 0.29) is 5.82 Å². The Kier molecular flexibility index (Phi) is 6.73. The molecule has 1 aliphatic rings. The van der Waals surface area contributed by atoms with Crippen LogP contribution >= 0.6 is 0 Å². The van der Waals surface area contributed by atoms with Gasteiger partial charge in [0.1, 0.15) is 5.82 Å². The monoisotopic (exact) mass is 426 g/mol. The van der Waals surface area contributed by atoms with Crippen molar-refractivity contribution in [3.63, 3.8) is 0 Å². The molecule has 0 atom stereocenters. The van der Waals surface area contributed by atoms with Crippen LogP contribution in [0.4, 0.5) is 13.2 Å². The van der Waals surface area contributed by atoms with Crippen molar-refractivity contribution in [2.24, 2.45) is 5.92 Å². The van der Waals surface area contributed by atoms with E-state index in [0.29, 0.717) is 48.5 Å². The summed E-state index contributed by atoms with van der Waals surface area (Å²) < 4.78 is 53.3. The number of halogens is 3. The molecule has 0 aromatic heterocycles. The lowest BCUT2D eigenvalue weighted by Gasteiger charge is -2.29. The molecule has 3 aromatic rings. The van der Waals surface area contributed by atoms with Crippen LogP contribution < -0.4 is 0 Å². The second-order valence-corrected chi connectivity index (χ2v) is 8.00. The van der Waals surface area contributed by atoms with Gasteiger partial charge >= 0.3 is 0 Å². The molecule has 1 saturated heterocycles. The number of hydrogen-bond donors (Lipinski definition) is 0. The number of aryl methyl sites for hydroxylation is 2. The highest BCUT2D eigenvalue weighted by atomic mass is 19.2. The van der Waals surface area contributed by atoms with E-state index in [0.717, 1.165) is 35.9 Å². The maximum absolute atomic E-state index is 15.1. The van der Waals surface area contributed by atoms with Crippen molar-refractivity contribution >= 4 is 10.8 Å². The van der Waals surface area contributed by atoms with E-state index in [2.05, 4.69) is 6.58 Å². The summed E-state index contributed by atoms with van der Waals surface area (Å²) in [6.45, 7) is 5.01. The maximum Gasteiger partial charge on any atom is 0.183 e. The van der Waals surface area contributed by atoms with E-state index >= 15 is 4.39 Å². The summed E-state index contributed by atoms with van der Waals surface area (Å²) in [6, 6.07) is 12.9. The number of hydrogen-bond acceptors (Lipinski definition) is 2. The first-order valence-corrected chi connectivity index (χ1v) is 10.5. The molecule has 4 rings (SSSR count). The molecule has 1 heterocycles. The van der Waals surface area contributed by atoms with Gasteiger partial charge in [0, 0.05) is 16.9 Å². The number of allylic oxidation sites excluding steroid dienone is 1. The van der Waals surface area contributed by atoms with Crippen molar-refractivity contribution in [3.8, 4) is 0 Å². The third-order valence-corrected chi connectivity index (χ3v) is 5.74. The molecule has 162 valence electrons. The van der Waals surface area contributed by atoms with Gasteiger partial charge in [-0.3, -0.25) is 0 Å². The van der Waals surface area contributed by atoms with Crippen LogP contribution in [0.5, 0.6) is 0 Å². The molecular weight excluding hydrogens is 401 g/mol. The first-order valence-electron chi connectivity index (χ1n) is 10.5. The van der Waals surface area contributed by atoms with Crippen molar-refractivity contribution in [1.29, 1.82) is 0 Å². The molecule has 2 nitrogen and oxygen atoms in total. The third-order valence-electron chi connectivity index (χ3n) is 5.74. The molecular formula is C26H25F3O2. The molecule has 0 saturated carbocycles. The highest BCUT2D eigenvalue weighted by Gasteiger charge is 2.23. The summed E-state index contributed by atoms with van der Waals surface area (Å²) in [5.74, 6) is -1.69. The van der Waals surface area contributed by atoms with Gasteiger partial charge in [0.25, 0.3) is 0 Å².